The second-order valence-corrected chi connectivity index (χ2v) is 8.00. The Kier molecular flexibility index (Phi) is 6.42. The molecule has 3 heterocycles. The molecule has 0 unspecified atom stereocenters. The van der Waals surface area contributed by atoms with Gasteiger partial charge in [0.05, 0.1) is 0 Å². The minimum Gasteiger partial charge on any atom is -0.351 e. The van der Waals surface area contributed by atoms with Crippen LogP contribution in [0.25, 0.3) is 0 Å². The Morgan fingerprint density at radius 1 is 1.07 bits per heavy atom. The summed E-state index contributed by atoms with van der Waals surface area (Å²) in [5, 5.41) is 7.28. The molecule has 2 aliphatic rings. The minimum absolute atomic E-state index is 0.155. The smallest absolute Gasteiger partial charge is 0.272 e. The predicted octanol–water partition coefficient (Wildman–Crippen LogP) is 2.28. The third-order valence-electron chi connectivity index (χ3n) is 5.74. The lowest BCUT2D eigenvalue weighted by Gasteiger charge is -2.20. The molecule has 0 atom stereocenters. The predicted molar refractivity (Wildman–Crippen MR) is 111 cm³/mol. The number of likely N-dealkylation sites (tertiary alicyclic amines) is 1. The van der Waals surface area contributed by atoms with Gasteiger partial charge in [0.2, 0.25) is 0 Å². The lowest BCUT2D eigenvalue weighted by molar-refractivity contribution is 0.0745. The molecule has 0 spiro atoms. The SMILES string of the molecule is O=C(NCCCN1CCCC1)c1cc2n(n1)CCCN(Cc1ccc(F)cc1)C2=O. The quantitative estimate of drug-likeness (QED) is 0.707. The van der Waals surface area contributed by atoms with Crippen LogP contribution in [0.2, 0.25) is 0 Å². The number of halogens is 1. The van der Waals surface area contributed by atoms with Crippen LogP contribution in [-0.2, 0) is 13.1 Å². The summed E-state index contributed by atoms with van der Waals surface area (Å²) >= 11 is 0. The Bertz CT molecular complexity index is 889. The zero-order chi connectivity index (χ0) is 20.9. The summed E-state index contributed by atoms with van der Waals surface area (Å²) in [6.45, 7) is 5.48. The van der Waals surface area contributed by atoms with E-state index in [1.54, 1.807) is 27.8 Å². The second-order valence-electron chi connectivity index (χ2n) is 8.00. The maximum atomic E-state index is 13.1. The number of nitrogens with one attached hydrogen (secondary N) is 1. The van der Waals surface area contributed by atoms with Crippen LogP contribution in [0.15, 0.2) is 30.3 Å². The average molecular weight is 413 g/mol. The van der Waals surface area contributed by atoms with Crippen molar-refractivity contribution in [2.45, 2.75) is 38.8 Å². The van der Waals surface area contributed by atoms with Gasteiger partial charge in [-0.2, -0.15) is 5.10 Å². The van der Waals surface area contributed by atoms with E-state index < -0.39 is 0 Å². The summed E-state index contributed by atoms with van der Waals surface area (Å²) in [5.41, 5.74) is 1.58. The van der Waals surface area contributed by atoms with Gasteiger partial charge in [0.25, 0.3) is 11.8 Å². The summed E-state index contributed by atoms with van der Waals surface area (Å²) in [6, 6.07) is 7.75. The van der Waals surface area contributed by atoms with Gasteiger partial charge in [0, 0.05) is 32.2 Å². The lowest BCUT2D eigenvalue weighted by atomic mass is 10.2. The molecule has 2 aromatic rings. The van der Waals surface area contributed by atoms with Gasteiger partial charge in [-0.3, -0.25) is 14.3 Å². The summed E-state index contributed by atoms with van der Waals surface area (Å²) in [4.78, 5) is 29.6. The van der Waals surface area contributed by atoms with Crippen molar-refractivity contribution in [3.05, 3.63) is 53.1 Å². The van der Waals surface area contributed by atoms with Crippen LogP contribution >= 0.6 is 0 Å². The highest BCUT2D eigenvalue weighted by atomic mass is 19.1. The van der Waals surface area contributed by atoms with Crippen LogP contribution in [0.3, 0.4) is 0 Å². The van der Waals surface area contributed by atoms with Gasteiger partial charge in [-0.1, -0.05) is 12.1 Å². The Hall–Kier alpha value is -2.74. The Balaban J connectivity index is 1.35. The molecule has 1 aromatic heterocycles. The van der Waals surface area contributed by atoms with Gasteiger partial charge in [0.15, 0.2) is 5.69 Å². The first-order chi connectivity index (χ1) is 14.6. The molecule has 2 aliphatic heterocycles. The van der Waals surface area contributed by atoms with Crippen molar-refractivity contribution in [1.29, 1.82) is 0 Å². The molecular weight excluding hydrogens is 385 g/mol. The van der Waals surface area contributed by atoms with E-state index in [2.05, 4.69) is 15.3 Å². The van der Waals surface area contributed by atoms with Crippen molar-refractivity contribution in [2.24, 2.45) is 0 Å². The molecule has 4 rings (SSSR count). The van der Waals surface area contributed by atoms with E-state index in [0.717, 1.165) is 38.0 Å². The standard InChI is InChI=1S/C22H28FN5O2/c23-18-7-5-17(6-8-18)16-27-13-4-14-28-20(22(27)30)15-19(25-28)21(29)24-9-3-12-26-10-1-2-11-26/h5-8,15H,1-4,9-14,16H2,(H,24,29). The van der Waals surface area contributed by atoms with Crippen LogP contribution in [0.4, 0.5) is 4.39 Å². The fourth-order valence-corrected chi connectivity index (χ4v) is 4.11. The first-order valence-electron chi connectivity index (χ1n) is 10.7. The molecule has 1 fully saturated rings. The fourth-order valence-electron chi connectivity index (χ4n) is 4.11. The van der Waals surface area contributed by atoms with Crippen molar-refractivity contribution in [3.8, 4) is 0 Å². The van der Waals surface area contributed by atoms with Crippen LogP contribution in [0.1, 0.15) is 52.2 Å². The van der Waals surface area contributed by atoms with Gasteiger partial charge in [-0.05, 0) is 63.0 Å². The first-order valence-corrected chi connectivity index (χ1v) is 10.7. The number of nitrogens with zero attached hydrogens (tertiary/aromatic N) is 4. The lowest BCUT2D eigenvalue weighted by Crippen LogP contribution is -2.30. The Morgan fingerprint density at radius 2 is 1.83 bits per heavy atom. The zero-order valence-corrected chi connectivity index (χ0v) is 17.1. The van der Waals surface area contributed by atoms with Gasteiger partial charge in [0.1, 0.15) is 11.5 Å². The Labute approximate surface area is 175 Å². The summed E-state index contributed by atoms with van der Waals surface area (Å²) in [6.07, 6.45) is 4.18. The topological polar surface area (TPSA) is 70.5 Å². The van der Waals surface area contributed by atoms with E-state index in [4.69, 9.17) is 0 Å². The van der Waals surface area contributed by atoms with Gasteiger partial charge in [-0.15, -0.1) is 0 Å². The molecule has 1 aromatic carbocycles. The van der Waals surface area contributed by atoms with E-state index >= 15 is 0 Å². The highest BCUT2D eigenvalue weighted by Crippen LogP contribution is 2.17. The summed E-state index contributed by atoms with van der Waals surface area (Å²) < 4.78 is 14.8. The molecule has 2 amide bonds. The number of rotatable bonds is 7. The van der Waals surface area contributed by atoms with E-state index in [0.29, 0.717) is 31.9 Å². The molecule has 30 heavy (non-hydrogen) atoms. The van der Waals surface area contributed by atoms with Gasteiger partial charge in [-0.25, -0.2) is 4.39 Å². The monoisotopic (exact) mass is 413 g/mol. The molecule has 160 valence electrons. The van der Waals surface area contributed by atoms with Crippen molar-refractivity contribution >= 4 is 11.8 Å². The number of fused-ring (bicyclic) bond motifs is 1. The number of hydrogen-bond donors (Lipinski definition) is 1. The fraction of sp³-hybridized carbons (Fsp3) is 0.500. The van der Waals surface area contributed by atoms with Crippen molar-refractivity contribution in [1.82, 2.24) is 24.9 Å². The number of carbonyl (C=O) groups excluding carboxylic acids is 2. The molecule has 8 heteroatoms. The largest absolute Gasteiger partial charge is 0.351 e. The summed E-state index contributed by atoms with van der Waals surface area (Å²) in [5.74, 6) is -0.692. The van der Waals surface area contributed by atoms with Crippen LogP contribution in [0, 0.1) is 5.82 Å². The molecular formula is C22H28FN5O2. The molecule has 7 nitrogen and oxygen atoms in total. The minimum atomic E-state index is -0.296. The van der Waals surface area contributed by atoms with E-state index in [-0.39, 0.29) is 23.3 Å². The van der Waals surface area contributed by atoms with Gasteiger partial charge >= 0.3 is 0 Å². The number of aryl methyl sites for hydroxylation is 1. The van der Waals surface area contributed by atoms with Gasteiger partial charge < -0.3 is 15.1 Å². The zero-order valence-electron chi connectivity index (χ0n) is 17.1. The number of amides is 2. The highest BCUT2D eigenvalue weighted by Gasteiger charge is 2.26. The maximum absolute atomic E-state index is 13.1. The molecule has 0 saturated carbocycles. The van der Waals surface area contributed by atoms with E-state index in [9.17, 15) is 14.0 Å². The summed E-state index contributed by atoms with van der Waals surface area (Å²) in [7, 11) is 0. The second kappa shape index (κ2) is 9.38. The first kappa shape index (κ1) is 20.5. The van der Waals surface area contributed by atoms with Crippen LogP contribution in [0.5, 0.6) is 0 Å². The molecule has 1 N–H and O–H groups in total. The molecule has 0 bridgehead atoms. The van der Waals surface area contributed by atoms with Crippen molar-refractivity contribution in [3.63, 3.8) is 0 Å². The average Bonchev–Trinajstić information content (AvgIpc) is 3.39. The molecule has 0 radical (unpaired) electrons. The highest BCUT2D eigenvalue weighted by molar-refractivity contribution is 5.98. The van der Waals surface area contributed by atoms with Crippen LogP contribution < -0.4 is 5.32 Å². The van der Waals surface area contributed by atoms with E-state index in [1.807, 2.05) is 0 Å². The maximum Gasteiger partial charge on any atom is 0.272 e. The third kappa shape index (κ3) is 4.87. The number of carbonyl (C=O) groups is 2. The van der Waals surface area contributed by atoms with E-state index in [1.165, 1.54) is 25.0 Å². The number of benzene rings is 1. The Morgan fingerprint density at radius 3 is 2.60 bits per heavy atom. The third-order valence-corrected chi connectivity index (χ3v) is 5.74. The van der Waals surface area contributed by atoms with Crippen molar-refractivity contribution < 1.29 is 14.0 Å². The number of hydrogen-bond acceptors (Lipinski definition) is 4. The normalized spacial score (nSPS) is 17.1. The van der Waals surface area contributed by atoms with Crippen LogP contribution in [-0.4, -0.2) is 64.1 Å². The molecule has 1 saturated heterocycles. The van der Waals surface area contributed by atoms with Crippen molar-refractivity contribution in [2.75, 3.05) is 32.7 Å². The number of aromatic nitrogens is 2. The molecule has 0 aliphatic carbocycles.